The van der Waals surface area contributed by atoms with Crippen LogP contribution in [0.15, 0.2) is 18.5 Å². The van der Waals surface area contributed by atoms with Crippen LogP contribution in [-0.4, -0.2) is 77.2 Å². The summed E-state index contributed by atoms with van der Waals surface area (Å²) in [4.78, 5) is 58.6. The van der Waals surface area contributed by atoms with Crippen LogP contribution in [-0.2, 0) is 14.4 Å². The fourth-order valence-electron chi connectivity index (χ4n) is 5.86. The number of hydrogen-bond donors (Lipinski definition) is 2. The zero-order valence-corrected chi connectivity index (χ0v) is 20.8. The molecule has 9 heteroatoms. The molecule has 3 saturated heterocycles. The van der Waals surface area contributed by atoms with E-state index in [0.29, 0.717) is 44.6 Å². The van der Waals surface area contributed by atoms with Crippen LogP contribution in [0, 0.1) is 18.3 Å². The summed E-state index contributed by atoms with van der Waals surface area (Å²) in [5.74, 6) is -0.0114. The molecular formula is C26H37N5O4. The number of piperidine rings is 2. The number of hydrogen-bond acceptors (Lipinski definition) is 5. The van der Waals surface area contributed by atoms with E-state index in [1.807, 2.05) is 17.9 Å². The molecule has 0 saturated carbocycles. The molecule has 35 heavy (non-hydrogen) atoms. The molecule has 2 N–H and O–H groups in total. The molecule has 2 atom stereocenters. The molecule has 190 valence electrons. The fourth-order valence-corrected chi connectivity index (χ4v) is 5.86. The second-order valence-corrected chi connectivity index (χ2v) is 10.4. The molecule has 0 unspecified atom stereocenters. The van der Waals surface area contributed by atoms with E-state index in [1.54, 1.807) is 24.2 Å². The number of carbonyl (C=O) groups excluding carboxylic acids is 4. The minimum absolute atomic E-state index is 0.0359. The molecule has 3 aliphatic heterocycles. The van der Waals surface area contributed by atoms with E-state index >= 15 is 0 Å². The Balaban J connectivity index is 1.41. The van der Waals surface area contributed by atoms with Gasteiger partial charge in [0.2, 0.25) is 17.7 Å². The number of aryl methyl sites for hydroxylation is 1. The van der Waals surface area contributed by atoms with E-state index in [1.165, 1.54) is 0 Å². The highest BCUT2D eigenvalue weighted by Crippen LogP contribution is 2.38. The first kappa shape index (κ1) is 25.1. The molecule has 1 aromatic heterocycles. The van der Waals surface area contributed by atoms with Gasteiger partial charge in [0.1, 0.15) is 0 Å². The molecule has 3 aliphatic rings. The molecule has 1 spiro atoms. The number of pyridine rings is 1. The lowest BCUT2D eigenvalue weighted by Crippen LogP contribution is -2.55. The fraction of sp³-hybridized carbons (Fsp3) is 0.654. The lowest BCUT2D eigenvalue weighted by Gasteiger charge is -2.42. The maximum absolute atomic E-state index is 13.3. The highest BCUT2D eigenvalue weighted by atomic mass is 16.2. The largest absolute Gasteiger partial charge is 0.351 e. The van der Waals surface area contributed by atoms with E-state index in [-0.39, 0.29) is 42.1 Å². The first-order chi connectivity index (χ1) is 16.8. The second kappa shape index (κ2) is 10.7. The minimum atomic E-state index is -0.571. The summed E-state index contributed by atoms with van der Waals surface area (Å²) in [7, 11) is 0. The lowest BCUT2D eigenvalue weighted by molar-refractivity contribution is -0.137. The Hall–Kier alpha value is -2.97. The zero-order chi connectivity index (χ0) is 25.0. The number of carbonyl (C=O) groups is 4. The number of nitrogens with zero attached hydrogens (tertiary/aromatic N) is 3. The molecule has 4 amide bonds. The summed E-state index contributed by atoms with van der Waals surface area (Å²) in [5, 5.41) is 5.99. The predicted molar refractivity (Wildman–Crippen MR) is 130 cm³/mol. The van der Waals surface area contributed by atoms with E-state index in [2.05, 4.69) is 15.6 Å². The normalized spacial score (nSPS) is 25.5. The molecule has 0 radical (unpaired) electrons. The molecular weight excluding hydrogens is 446 g/mol. The van der Waals surface area contributed by atoms with Gasteiger partial charge in [0.25, 0.3) is 5.91 Å². The predicted octanol–water partition coefficient (Wildman–Crippen LogP) is 1.66. The Labute approximate surface area is 207 Å². The third-order valence-corrected chi connectivity index (χ3v) is 8.03. The van der Waals surface area contributed by atoms with Crippen LogP contribution in [0.3, 0.4) is 0 Å². The molecule has 9 nitrogen and oxygen atoms in total. The number of aromatic nitrogens is 1. The standard InChI is InChI=1S/C26H37N5O4/c1-18-13-21(15-27-14-18)24(34)30-11-8-26(9-12-30)7-4-3-5-20-17-31(19(2)32)10-6-22(20)29-23(33)16-28-25(26)35/h13-15,20,22H,3-12,16-17H2,1-2H3,(H,28,35)(H,29,33)/t20-,22+/m0/s1. The summed E-state index contributed by atoms with van der Waals surface area (Å²) in [6.07, 6.45) is 8.71. The Morgan fingerprint density at radius 1 is 1.03 bits per heavy atom. The summed E-state index contributed by atoms with van der Waals surface area (Å²) < 4.78 is 0. The first-order valence-electron chi connectivity index (χ1n) is 12.8. The van der Waals surface area contributed by atoms with Crippen LogP contribution in [0.1, 0.15) is 67.8 Å². The number of likely N-dealkylation sites (tertiary alicyclic amines) is 2. The van der Waals surface area contributed by atoms with Gasteiger partial charge in [-0.1, -0.05) is 12.8 Å². The maximum Gasteiger partial charge on any atom is 0.255 e. The first-order valence-corrected chi connectivity index (χ1v) is 12.8. The van der Waals surface area contributed by atoms with Gasteiger partial charge < -0.3 is 20.4 Å². The van der Waals surface area contributed by atoms with Gasteiger partial charge in [-0.2, -0.15) is 0 Å². The summed E-state index contributed by atoms with van der Waals surface area (Å²) >= 11 is 0. The van der Waals surface area contributed by atoms with Crippen molar-refractivity contribution < 1.29 is 19.2 Å². The molecule has 4 rings (SSSR count). The summed E-state index contributed by atoms with van der Waals surface area (Å²) in [6, 6.07) is 1.88. The van der Waals surface area contributed by atoms with Crippen molar-refractivity contribution in [3.05, 3.63) is 29.6 Å². The van der Waals surface area contributed by atoms with Crippen molar-refractivity contribution in [1.29, 1.82) is 0 Å². The number of fused-ring (bicyclic) bond motifs is 1. The van der Waals surface area contributed by atoms with Gasteiger partial charge in [0.15, 0.2) is 0 Å². The SMILES string of the molecule is CC(=O)N1CC[C@H]2NC(=O)CNC(=O)C3(CCCC[C@H]2C1)CCN(C(=O)c1cncc(C)c1)CC3. The monoisotopic (exact) mass is 483 g/mol. The second-order valence-electron chi connectivity index (χ2n) is 10.4. The number of nitrogens with one attached hydrogen (secondary N) is 2. The van der Waals surface area contributed by atoms with Gasteiger partial charge in [-0.15, -0.1) is 0 Å². The number of amides is 4. The maximum atomic E-state index is 13.3. The van der Waals surface area contributed by atoms with Crippen LogP contribution >= 0.6 is 0 Å². The molecule has 0 aromatic carbocycles. The Morgan fingerprint density at radius 2 is 1.80 bits per heavy atom. The van der Waals surface area contributed by atoms with Gasteiger partial charge >= 0.3 is 0 Å². The van der Waals surface area contributed by atoms with E-state index < -0.39 is 5.41 Å². The van der Waals surface area contributed by atoms with Crippen molar-refractivity contribution in [3.63, 3.8) is 0 Å². The average molecular weight is 484 g/mol. The van der Waals surface area contributed by atoms with Gasteiger partial charge in [0.05, 0.1) is 17.5 Å². The molecule has 1 aromatic rings. The van der Waals surface area contributed by atoms with Gasteiger partial charge in [0, 0.05) is 51.5 Å². The highest BCUT2D eigenvalue weighted by Gasteiger charge is 2.42. The van der Waals surface area contributed by atoms with Gasteiger partial charge in [-0.3, -0.25) is 24.2 Å². The molecule has 4 heterocycles. The van der Waals surface area contributed by atoms with E-state index in [0.717, 1.165) is 37.7 Å². The third kappa shape index (κ3) is 5.82. The summed E-state index contributed by atoms with van der Waals surface area (Å²) in [6.45, 7) is 5.80. The third-order valence-electron chi connectivity index (χ3n) is 8.03. The minimum Gasteiger partial charge on any atom is -0.351 e. The smallest absolute Gasteiger partial charge is 0.255 e. The van der Waals surface area contributed by atoms with Crippen molar-refractivity contribution in [2.75, 3.05) is 32.7 Å². The van der Waals surface area contributed by atoms with Crippen LogP contribution in [0.5, 0.6) is 0 Å². The zero-order valence-electron chi connectivity index (χ0n) is 20.8. The van der Waals surface area contributed by atoms with Gasteiger partial charge in [-0.05, 0) is 56.6 Å². The molecule has 0 bridgehead atoms. The quantitative estimate of drug-likeness (QED) is 0.631. The Bertz CT molecular complexity index is 972. The summed E-state index contributed by atoms with van der Waals surface area (Å²) in [5.41, 5.74) is 0.939. The van der Waals surface area contributed by atoms with Crippen molar-refractivity contribution in [1.82, 2.24) is 25.4 Å². The molecule has 0 aliphatic carbocycles. The van der Waals surface area contributed by atoms with E-state index in [9.17, 15) is 19.2 Å². The molecule has 3 fully saturated rings. The highest BCUT2D eigenvalue weighted by molar-refractivity contribution is 5.94. The topological polar surface area (TPSA) is 112 Å². The van der Waals surface area contributed by atoms with Crippen molar-refractivity contribution in [2.45, 2.75) is 64.8 Å². The van der Waals surface area contributed by atoms with Crippen LogP contribution in [0.2, 0.25) is 0 Å². The van der Waals surface area contributed by atoms with Crippen molar-refractivity contribution >= 4 is 23.6 Å². The van der Waals surface area contributed by atoms with Gasteiger partial charge in [-0.25, -0.2) is 0 Å². The average Bonchev–Trinajstić information content (AvgIpc) is 2.85. The van der Waals surface area contributed by atoms with Crippen LogP contribution in [0.4, 0.5) is 0 Å². The Morgan fingerprint density at radius 3 is 2.51 bits per heavy atom. The lowest BCUT2D eigenvalue weighted by atomic mass is 9.73. The van der Waals surface area contributed by atoms with E-state index in [4.69, 9.17) is 0 Å². The Kier molecular flexibility index (Phi) is 7.72. The van der Waals surface area contributed by atoms with Crippen LogP contribution < -0.4 is 10.6 Å². The van der Waals surface area contributed by atoms with Crippen molar-refractivity contribution in [2.24, 2.45) is 11.3 Å². The van der Waals surface area contributed by atoms with Crippen molar-refractivity contribution in [3.8, 4) is 0 Å². The van der Waals surface area contributed by atoms with Crippen LogP contribution in [0.25, 0.3) is 0 Å². The number of rotatable bonds is 1.